The second-order valence-electron chi connectivity index (χ2n) is 4.72. The second kappa shape index (κ2) is 10.8. The fourth-order valence-electron chi connectivity index (χ4n) is 1.85. The monoisotopic (exact) mass is 265 g/mol. The molecule has 3 heteroatoms. The van der Waals surface area contributed by atoms with Gasteiger partial charge in [-0.05, 0) is 24.1 Å². The van der Waals surface area contributed by atoms with Gasteiger partial charge in [0.15, 0.2) is 0 Å². The van der Waals surface area contributed by atoms with Gasteiger partial charge in [0.2, 0.25) is 0 Å². The summed E-state index contributed by atoms with van der Waals surface area (Å²) in [5, 5.41) is 0. The summed E-state index contributed by atoms with van der Waals surface area (Å²) in [5.41, 5.74) is 6.66. The minimum absolute atomic E-state index is 0.571. The number of hydrogen-bond acceptors (Lipinski definition) is 3. The summed E-state index contributed by atoms with van der Waals surface area (Å²) in [6.45, 7) is 4.91. The van der Waals surface area contributed by atoms with Crippen LogP contribution in [0.5, 0.6) is 5.75 Å². The van der Waals surface area contributed by atoms with Crippen LogP contribution in [0, 0.1) is 0 Å². The van der Waals surface area contributed by atoms with E-state index in [2.05, 4.69) is 6.92 Å². The van der Waals surface area contributed by atoms with Gasteiger partial charge in [0, 0.05) is 13.2 Å². The average molecular weight is 265 g/mol. The average Bonchev–Trinajstić information content (AvgIpc) is 2.46. The van der Waals surface area contributed by atoms with Crippen LogP contribution in [0.15, 0.2) is 24.3 Å². The predicted molar refractivity (Wildman–Crippen MR) is 79.4 cm³/mol. The second-order valence-corrected chi connectivity index (χ2v) is 4.72. The van der Waals surface area contributed by atoms with Gasteiger partial charge in [-0.2, -0.15) is 0 Å². The summed E-state index contributed by atoms with van der Waals surface area (Å²) in [7, 11) is 0. The van der Waals surface area contributed by atoms with Gasteiger partial charge in [-0.15, -0.1) is 0 Å². The van der Waals surface area contributed by atoms with Crippen molar-refractivity contribution in [2.75, 3.05) is 19.8 Å². The molecule has 0 aliphatic carbocycles. The van der Waals surface area contributed by atoms with E-state index in [0.29, 0.717) is 19.8 Å². The van der Waals surface area contributed by atoms with E-state index in [1.165, 1.54) is 25.7 Å². The molecule has 0 heterocycles. The third-order valence-corrected chi connectivity index (χ3v) is 3.05. The Morgan fingerprint density at radius 2 is 1.63 bits per heavy atom. The van der Waals surface area contributed by atoms with E-state index in [4.69, 9.17) is 15.2 Å². The van der Waals surface area contributed by atoms with Gasteiger partial charge in [-0.3, -0.25) is 0 Å². The lowest BCUT2D eigenvalue weighted by Crippen LogP contribution is -2.07. The summed E-state index contributed by atoms with van der Waals surface area (Å²) in [4.78, 5) is 0. The zero-order chi connectivity index (χ0) is 13.8. The van der Waals surface area contributed by atoms with Crippen molar-refractivity contribution in [3.63, 3.8) is 0 Å². The van der Waals surface area contributed by atoms with Crippen LogP contribution in [0.4, 0.5) is 0 Å². The molecule has 0 bridgehead atoms. The Morgan fingerprint density at radius 1 is 0.895 bits per heavy atom. The molecule has 3 nitrogen and oxygen atoms in total. The summed E-state index contributed by atoms with van der Waals surface area (Å²) in [6, 6.07) is 7.88. The molecule has 0 atom stereocenters. The Morgan fingerprint density at radius 3 is 2.32 bits per heavy atom. The van der Waals surface area contributed by atoms with Crippen LogP contribution in [0.3, 0.4) is 0 Å². The number of nitrogens with two attached hydrogens (primary N) is 1. The summed E-state index contributed by atoms with van der Waals surface area (Å²) in [5.74, 6) is 0.878. The van der Waals surface area contributed by atoms with E-state index >= 15 is 0 Å². The molecule has 0 spiro atoms. The molecule has 0 radical (unpaired) electrons. The summed E-state index contributed by atoms with van der Waals surface area (Å²) in [6.07, 6.45) is 6.38. The van der Waals surface area contributed by atoms with Gasteiger partial charge in [0.1, 0.15) is 12.4 Å². The predicted octanol–water partition coefficient (Wildman–Crippen LogP) is 3.51. The van der Waals surface area contributed by atoms with Gasteiger partial charge < -0.3 is 15.2 Å². The normalized spacial score (nSPS) is 10.6. The lowest BCUT2D eigenvalue weighted by Gasteiger charge is -2.07. The van der Waals surface area contributed by atoms with Crippen molar-refractivity contribution in [2.24, 2.45) is 5.73 Å². The van der Waals surface area contributed by atoms with Crippen LogP contribution in [0.2, 0.25) is 0 Å². The quantitative estimate of drug-likeness (QED) is 0.623. The van der Waals surface area contributed by atoms with E-state index in [-0.39, 0.29) is 0 Å². The number of benzene rings is 1. The molecule has 108 valence electrons. The molecule has 0 amide bonds. The first kappa shape index (κ1) is 16.0. The smallest absolute Gasteiger partial charge is 0.119 e. The van der Waals surface area contributed by atoms with Gasteiger partial charge in [0.25, 0.3) is 0 Å². The Balaban J connectivity index is 1.95. The first-order valence-corrected chi connectivity index (χ1v) is 7.36. The molecule has 0 saturated heterocycles. The number of unbranched alkanes of at least 4 members (excludes halogenated alkanes) is 4. The first-order chi connectivity index (χ1) is 9.36. The molecule has 0 aliphatic heterocycles. The maximum atomic E-state index is 5.58. The molecule has 1 aromatic rings. The standard InChI is InChI=1S/C16H27NO2/c1-2-3-4-5-6-11-18-12-13-19-16-9-7-15(14-17)8-10-16/h7-10H,2-6,11-14,17H2,1H3. The zero-order valence-electron chi connectivity index (χ0n) is 12.1. The Hall–Kier alpha value is -1.06. The van der Waals surface area contributed by atoms with Crippen molar-refractivity contribution in [3.8, 4) is 5.75 Å². The first-order valence-electron chi connectivity index (χ1n) is 7.36. The van der Waals surface area contributed by atoms with Crippen molar-refractivity contribution in [1.29, 1.82) is 0 Å². The van der Waals surface area contributed by atoms with Gasteiger partial charge in [0.05, 0.1) is 6.61 Å². The molecule has 1 aromatic carbocycles. The zero-order valence-corrected chi connectivity index (χ0v) is 12.1. The largest absolute Gasteiger partial charge is 0.491 e. The van der Waals surface area contributed by atoms with Crippen LogP contribution in [-0.4, -0.2) is 19.8 Å². The maximum absolute atomic E-state index is 5.58. The van der Waals surface area contributed by atoms with E-state index in [9.17, 15) is 0 Å². The minimum Gasteiger partial charge on any atom is -0.491 e. The maximum Gasteiger partial charge on any atom is 0.119 e. The van der Waals surface area contributed by atoms with Crippen LogP contribution in [0.1, 0.15) is 44.6 Å². The Kier molecular flexibility index (Phi) is 9.11. The molecule has 0 fully saturated rings. The lowest BCUT2D eigenvalue weighted by atomic mass is 10.2. The lowest BCUT2D eigenvalue weighted by molar-refractivity contribution is 0.0971. The van der Waals surface area contributed by atoms with E-state index in [0.717, 1.165) is 24.3 Å². The highest BCUT2D eigenvalue weighted by Gasteiger charge is 1.95. The van der Waals surface area contributed by atoms with Crippen molar-refractivity contribution < 1.29 is 9.47 Å². The minimum atomic E-state index is 0.571. The van der Waals surface area contributed by atoms with Crippen molar-refractivity contribution >= 4 is 0 Å². The number of rotatable bonds is 11. The van der Waals surface area contributed by atoms with Crippen molar-refractivity contribution in [3.05, 3.63) is 29.8 Å². The molecule has 2 N–H and O–H groups in total. The van der Waals surface area contributed by atoms with Crippen LogP contribution >= 0.6 is 0 Å². The SMILES string of the molecule is CCCCCCCOCCOc1ccc(CN)cc1. The molecule has 0 saturated carbocycles. The molecule has 19 heavy (non-hydrogen) atoms. The highest BCUT2D eigenvalue weighted by Crippen LogP contribution is 2.11. The van der Waals surface area contributed by atoms with Crippen molar-refractivity contribution in [2.45, 2.75) is 45.6 Å². The molecule has 0 aromatic heterocycles. The third-order valence-electron chi connectivity index (χ3n) is 3.05. The molecular formula is C16H27NO2. The summed E-state index contributed by atoms with van der Waals surface area (Å²) >= 11 is 0. The van der Waals surface area contributed by atoms with Crippen LogP contribution < -0.4 is 10.5 Å². The van der Waals surface area contributed by atoms with E-state index < -0.39 is 0 Å². The molecular weight excluding hydrogens is 238 g/mol. The van der Waals surface area contributed by atoms with Gasteiger partial charge >= 0.3 is 0 Å². The molecule has 1 rings (SSSR count). The number of ether oxygens (including phenoxy) is 2. The summed E-state index contributed by atoms with van der Waals surface area (Å²) < 4.78 is 11.1. The third kappa shape index (κ3) is 7.85. The fourth-order valence-corrected chi connectivity index (χ4v) is 1.85. The molecule has 0 unspecified atom stereocenters. The fraction of sp³-hybridized carbons (Fsp3) is 0.625. The highest BCUT2D eigenvalue weighted by molar-refractivity contribution is 5.26. The Labute approximate surface area is 117 Å². The Bertz CT molecular complexity index is 311. The van der Waals surface area contributed by atoms with Gasteiger partial charge in [-0.25, -0.2) is 0 Å². The highest BCUT2D eigenvalue weighted by atomic mass is 16.5. The van der Waals surface area contributed by atoms with E-state index in [1.54, 1.807) is 0 Å². The van der Waals surface area contributed by atoms with Crippen LogP contribution in [0.25, 0.3) is 0 Å². The topological polar surface area (TPSA) is 44.5 Å². The molecule has 0 aliphatic rings. The van der Waals surface area contributed by atoms with Crippen LogP contribution in [-0.2, 0) is 11.3 Å². The van der Waals surface area contributed by atoms with Crippen molar-refractivity contribution in [1.82, 2.24) is 0 Å². The van der Waals surface area contributed by atoms with E-state index in [1.807, 2.05) is 24.3 Å². The number of hydrogen-bond donors (Lipinski definition) is 1. The van der Waals surface area contributed by atoms with Gasteiger partial charge in [-0.1, -0.05) is 44.7 Å².